The molecule has 0 spiro atoms. The summed E-state index contributed by atoms with van der Waals surface area (Å²) in [5.41, 5.74) is 2.90. The number of anilines is 1. The van der Waals surface area contributed by atoms with Crippen molar-refractivity contribution in [2.24, 2.45) is 0 Å². The number of amides is 1. The molecule has 1 N–H and O–H groups in total. The maximum absolute atomic E-state index is 12.5. The van der Waals surface area contributed by atoms with E-state index in [0.717, 1.165) is 17.9 Å². The number of nitrogens with zero attached hydrogens (tertiary/aromatic N) is 4. The van der Waals surface area contributed by atoms with Crippen LogP contribution in [0.1, 0.15) is 54.1 Å². The number of furan rings is 1. The van der Waals surface area contributed by atoms with Gasteiger partial charge in [0.1, 0.15) is 18.1 Å². The summed E-state index contributed by atoms with van der Waals surface area (Å²) in [6.07, 6.45) is 7.17. The van der Waals surface area contributed by atoms with Gasteiger partial charge in [-0.2, -0.15) is 10.2 Å². The van der Waals surface area contributed by atoms with Crippen molar-refractivity contribution in [3.8, 4) is 5.75 Å². The van der Waals surface area contributed by atoms with E-state index >= 15 is 0 Å². The van der Waals surface area contributed by atoms with Crippen molar-refractivity contribution in [1.29, 1.82) is 0 Å². The zero-order valence-corrected chi connectivity index (χ0v) is 18.5. The van der Waals surface area contributed by atoms with E-state index < -0.39 is 0 Å². The van der Waals surface area contributed by atoms with Gasteiger partial charge in [-0.3, -0.25) is 14.2 Å². The van der Waals surface area contributed by atoms with E-state index in [2.05, 4.69) is 41.5 Å². The van der Waals surface area contributed by atoms with Crippen LogP contribution in [0.5, 0.6) is 5.75 Å². The largest absolute Gasteiger partial charge is 0.486 e. The first-order valence-electron chi connectivity index (χ1n) is 10.7. The van der Waals surface area contributed by atoms with Gasteiger partial charge in [-0.1, -0.05) is 26.0 Å². The lowest BCUT2D eigenvalue weighted by molar-refractivity contribution is 0.0992. The van der Waals surface area contributed by atoms with Gasteiger partial charge in [-0.15, -0.1) is 0 Å². The van der Waals surface area contributed by atoms with Crippen molar-refractivity contribution in [3.05, 3.63) is 83.8 Å². The first-order valence-corrected chi connectivity index (χ1v) is 10.7. The molecule has 3 heterocycles. The van der Waals surface area contributed by atoms with E-state index in [4.69, 9.17) is 9.15 Å². The second-order valence-corrected chi connectivity index (χ2v) is 7.86. The van der Waals surface area contributed by atoms with Crippen LogP contribution in [0.15, 0.2) is 65.6 Å². The Morgan fingerprint density at radius 1 is 1.06 bits per heavy atom. The number of ether oxygens (including phenoxy) is 1. The third-order valence-electron chi connectivity index (χ3n) is 5.06. The first kappa shape index (κ1) is 21.4. The molecule has 0 radical (unpaired) electrons. The number of aromatic nitrogens is 4. The van der Waals surface area contributed by atoms with Gasteiger partial charge in [0.25, 0.3) is 5.91 Å². The maximum atomic E-state index is 12.5. The lowest BCUT2D eigenvalue weighted by Crippen LogP contribution is -2.10. The minimum atomic E-state index is -0.337. The molecule has 0 aliphatic heterocycles. The molecule has 0 saturated heterocycles. The summed E-state index contributed by atoms with van der Waals surface area (Å²) in [4.78, 5) is 12.5. The molecule has 8 nitrogen and oxygen atoms in total. The number of aryl methyl sites for hydroxylation is 1. The summed E-state index contributed by atoms with van der Waals surface area (Å²) in [6, 6.07) is 11.4. The summed E-state index contributed by atoms with van der Waals surface area (Å²) in [6.45, 7) is 7.99. The third kappa shape index (κ3) is 5.26. The summed E-state index contributed by atoms with van der Waals surface area (Å²) in [7, 11) is 0. The summed E-state index contributed by atoms with van der Waals surface area (Å²) in [5.74, 6) is 1.69. The minimum Gasteiger partial charge on any atom is -0.486 e. The highest BCUT2D eigenvalue weighted by atomic mass is 16.5. The van der Waals surface area contributed by atoms with E-state index in [-0.39, 0.29) is 18.3 Å². The van der Waals surface area contributed by atoms with Crippen LogP contribution in [0.3, 0.4) is 0 Å². The van der Waals surface area contributed by atoms with Crippen LogP contribution >= 0.6 is 0 Å². The van der Waals surface area contributed by atoms with Gasteiger partial charge in [0.2, 0.25) is 0 Å². The molecule has 4 rings (SSSR count). The molecule has 3 aromatic heterocycles. The Morgan fingerprint density at radius 3 is 2.56 bits per heavy atom. The van der Waals surface area contributed by atoms with Gasteiger partial charge in [0.15, 0.2) is 5.76 Å². The van der Waals surface area contributed by atoms with Crippen molar-refractivity contribution >= 4 is 11.6 Å². The summed E-state index contributed by atoms with van der Waals surface area (Å²) in [5, 5.41) is 11.4. The first-order chi connectivity index (χ1) is 15.5. The number of carbonyl (C=O) groups is 1. The number of carbonyl (C=O) groups excluding carboxylic acids is 1. The SMILES string of the molecule is CCn1cc(Cn2cc(NC(=O)c3ccc(COc4ccc(C(C)C)cc4)o3)cn2)cn1. The maximum Gasteiger partial charge on any atom is 0.291 e. The third-order valence-corrected chi connectivity index (χ3v) is 5.06. The molecule has 32 heavy (non-hydrogen) atoms. The molecule has 0 aliphatic rings. The molecule has 0 saturated carbocycles. The van der Waals surface area contributed by atoms with Gasteiger partial charge in [-0.05, 0) is 42.7 Å². The Labute approximate surface area is 186 Å². The van der Waals surface area contributed by atoms with Crippen molar-refractivity contribution in [1.82, 2.24) is 19.6 Å². The fraction of sp³-hybridized carbons (Fsp3) is 0.292. The smallest absolute Gasteiger partial charge is 0.291 e. The predicted octanol–water partition coefficient (Wildman–Crippen LogP) is 4.70. The van der Waals surface area contributed by atoms with Gasteiger partial charge in [0, 0.05) is 24.5 Å². The van der Waals surface area contributed by atoms with Crippen molar-refractivity contribution in [2.45, 2.75) is 46.4 Å². The van der Waals surface area contributed by atoms with Crippen LogP contribution in [0.25, 0.3) is 0 Å². The number of nitrogens with one attached hydrogen (secondary N) is 1. The average molecular weight is 434 g/mol. The number of hydrogen-bond donors (Lipinski definition) is 1. The lowest BCUT2D eigenvalue weighted by atomic mass is 10.0. The molecule has 0 atom stereocenters. The molecule has 1 amide bonds. The minimum absolute atomic E-state index is 0.218. The Bertz CT molecular complexity index is 1170. The molecule has 8 heteroatoms. The average Bonchev–Trinajstić information content (AvgIpc) is 3.54. The molecular formula is C24H27N5O3. The molecule has 0 fully saturated rings. The fourth-order valence-corrected chi connectivity index (χ4v) is 3.24. The van der Waals surface area contributed by atoms with Crippen molar-refractivity contribution in [2.75, 3.05) is 5.32 Å². The monoisotopic (exact) mass is 433 g/mol. The van der Waals surface area contributed by atoms with Crippen LogP contribution in [0, 0.1) is 0 Å². The van der Waals surface area contributed by atoms with Gasteiger partial charge >= 0.3 is 0 Å². The van der Waals surface area contributed by atoms with Gasteiger partial charge in [-0.25, -0.2) is 0 Å². The Hall–Kier alpha value is -3.81. The number of hydrogen-bond acceptors (Lipinski definition) is 5. The Kier molecular flexibility index (Phi) is 6.39. The van der Waals surface area contributed by atoms with Crippen LogP contribution < -0.4 is 10.1 Å². The Balaban J connectivity index is 1.30. The fourth-order valence-electron chi connectivity index (χ4n) is 3.24. The summed E-state index contributed by atoms with van der Waals surface area (Å²) >= 11 is 0. The number of rotatable bonds is 9. The Morgan fingerprint density at radius 2 is 1.84 bits per heavy atom. The molecule has 4 aromatic rings. The molecule has 0 bridgehead atoms. The van der Waals surface area contributed by atoms with E-state index in [1.165, 1.54) is 5.56 Å². The lowest BCUT2D eigenvalue weighted by Gasteiger charge is -2.08. The second-order valence-electron chi connectivity index (χ2n) is 7.86. The zero-order chi connectivity index (χ0) is 22.5. The van der Waals surface area contributed by atoms with Crippen LogP contribution in [-0.4, -0.2) is 25.5 Å². The van der Waals surface area contributed by atoms with Gasteiger partial charge in [0.05, 0.1) is 24.6 Å². The molecule has 0 unspecified atom stereocenters. The highest BCUT2D eigenvalue weighted by molar-refractivity contribution is 6.02. The van der Waals surface area contributed by atoms with Gasteiger partial charge < -0.3 is 14.5 Å². The topological polar surface area (TPSA) is 87.1 Å². The highest BCUT2D eigenvalue weighted by Gasteiger charge is 2.13. The van der Waals surface area contributed by atoms with Crippen LogP contribution in [0.4, 0.5) is 5.69 Å². The molecule has 166 valence electrons. The molecule has 1 aromatic carbocycles. The van der Waals surface area contributed by atoms with Crippen LogP contribution in [0.2, 0.25) is 0 Å². The van der Waals surface area contributed by atoms with E-state index in [1.807, 2.05) is 36.1 Å². The number of benzene rings is 1. The zero-order valence-electron chi connectivity index (χ0n) is 18.5. The quantitative estimate of drug-likeness (QED) is 0.414. The molecule has 0 aliphatic carbocycles. The van der Waals surface area contributed by atoms with Crippen molar-refractivity contribution < 1.29 is 13.9 Å². The summed E-state index contributed by atoms with van der Waals surface area (Å²) < 4.78 is 15.0. The standard InChI is InChI=1S/C24H27N5O3/c1-4-28-13-18(11-25-28)14-29-15-20(12-26-29)27-24(30)23-10-9-22(32-23)16-31-21-7-5-19(6-8-21)17(2)3/h5-13,15,17H,4,14,16H2,1-3H3,(H,27,30). The van der Waals surface area contributed by atoms with Crippen molar-refractivity contribution in [3.63, 3.8) is 0 Å². The van der Waals surface area contributed by atoms with E-state index in [1.54, 1.807) is 29.2 Å². The van der Waals surface area contributed by atoms with E-state index in [9.17, 15) is 4.79 Å². The highest BCUT2D eigenvalue weighted by Crippen LogP contribution is 2.20. The molecular weight excluding hydrogens is 406 g/mol. The normalized spacial score (nSPS) is 11.1. The van der Waals surface area contributed by atoms with E-state index in [0.29, 0.717) is 23.9 Å². The second kappa shape index (κ2) is 9.55. The predicted molar refractivity (Wildman–Crippen MR) is 121 cm³/mol. The van der Waals surface area contributed by atoms with Crippen LogP contribution in [-0.2, 0) is 19.7 Å².